The first-order valence-electron chi connectivity index (χ1n) is 7.60. The van der Waals surface area contributed by atoms with E-state index in [-0.39, 0.29) is 43.2 Å². The third-order valence-corrected chi connectivity index (χ3v) is 3.66. The molecule has 1 aromatic carbocycles. The van der Waals surface area contributed by atoms with Gasteiger partial charge in [0.05, 0.1) is 18.5 Å². The molecule has 0 aliphatic carbocycles. The summed E-state index contributed by atoms with van der Waals surface area (Å²) < 4.78 is 0. The molecule has 0 saturated heterocycles. The van der Waals surface area contributed by atoms with Crippen LogP contribution in [0, 0.1) is 0 Å². The number of carbonyl (C=O) groups excluding carboxylic acids is 2. The van der Waals surface area contributed by atoms with Crippen molar-refractivity contribution in [3.8, 4) is 0 Å². The molecule has 6 nitrogen and oxygen atoms in total. The molecule has 2 amide bonds. The quantitative estimate of drug-likeness (QED) is 0.601. The Hall–Kier alpha value is -1.34. The Morgan fingerprint density at radius 1 is 1.12 bits per heavy atom. The van der Waals surface area contributed by atoms with E-state index in [1.807, 2.05) is 30.3 Å². The highest BCUT2D eigenvalue weighted by Crippen LogP contribution is 2.19. The fourth-order valence-electron chi connectivity index (χ4n) is 2.44. The van der Waals surface area contributed by atoms with Crippen LogP contribution in [0.1, 0.15) is 31.9 Å². The van der Waals surface area contributed by atoms with Gasteiger partial charge in [-0.2, -0.15) is 0 Å². The molecule has 0 fully saturated rings. The molecule has 138 valence electrons. The highest BCUT2D eigenvalue weighted by molar-refractivity contribution is 5.87. The zero-order chi connectivity index (χ0) is 16.5. The number of primary amides is 1. The van der Waals surface area contributed by atoms with E-state index in [1.165, 1.54) is 0 Å². The maximum absolute atomic E-state index is 12.0. The van der Waals surface area contributed by atoms with Gasteiger partial charge < -0.3 is 16.8 Å². The SMILES string of the molecule is CCN(CC)C(CNC(=O)C(N)CC(N)=O)c1ccccc1.Cl.Cl. The maximum atomic E-state index is 12.0. The van der Waals surface area contributed by atoms with Crippen LogP contribution in [0.5, 0.6) is 0 Å². The third-order valence-electron chi connectivity index (χ3n) is 3.66. The van der Waals surface area contributed by atoms with Crippen LogP contribution in [0.25, 0.3) is 0 Å². The summed E-state index contributed by atoms with van der Waals surface area (Å²) in [7, 11) is 0. The molecular weight excluding hydrogens is 351 g/mol. The largest absolute Gasteiger partial charge is 0.370 e. The zero-order valence-electron chi connectivity index (χ0n) is 14.1. The lowest BCUT2D eigenvalue weighted by molar-refractivity contribution is -0.126. The topological polar surface area (TPSA) is 101 Å². The maximum Gasteiger partial charge on any atom is 0.237 e. The summed E-state index contributed by atoms with van der Waals surface area (Å²) in [6.45, 7) is 6.36. The van der Waals surface area contributed by atoms with E-state index in [4.69, 9.17) is 11.5 Å². The molecule has 0 spiro atoms. The number of likely N-dealkylation sites (N-methyl/N-ethyl adjacent to an activating group) is 1. The van der Waals surface area contributed by atoms with Crippen LogP contribution in [-0.4, -0.2) is 42.4 Å². The minimum atomic E-state index is -0.898. The number of rotatable bonds is 9. The van der Waals surface area contributed by atoms with E-state index in [2.05, 4.69) is 24.1 Å². The molecule has 0 bridgehead atoms. The average molecular weight is 379 g/mol. The number of nitrogens with zero attached hydrogens (tertiary/aromatic N) is 1. The number of nitrogens with two attached hydrogens (primary N) is 2. The molecule has 2 unspecified atom stereocenters. The molecule has 24 heavy (non-hydrogen) atoms. The molecule has 5 N–H and O–H groups in total. The number of hydrogen-bond donors (Lipinski definition) is 3. The molecule has 0 saturated carbocycles. The van der Waals surface area contributed by atoms with Gasteiger partial charge in [0.15, 0.2) is 0 Å². The van der Waals surface area contributed by atoms with Crippen molar-refractivity contribution in [2.24, 2.45) is 11.5 Å². The van der Waals surface area contributed by atoms with Gasteiger partial charge in [0, 0.05) is 6.54 Å². The second-order valence-electron chi connectivity index (χ2n) is 5.17. The first-order chi connectivity index (χ1) is 10.5. The standard InChI is InChI=1S/C16H26N4O2.2ClH/c1-3-20(4-2)14(12-8-6-5-7-9-12)11-19-16(22)13(17)10-15(18)21;;/h5-9,13-14H,3-4,10-11,17H2,1-2H3,(H2,18,21)(H,19,22);2*1H. The fraction of sp³-hybridized carbons (Fsp3) is 0.500. The van der Waals surface area contributed by atoms with Gasteiger partial charge in [-0.3, -0.25) is 14.5 Å². The number of nitrogens with one attached hydrogen (secondary N) is 1. The molecule has 8 heteroatoms. The minimum Gasteiger partial charge on any atom is -0.370 e. The van der Waals surface area contributed by atoms with Crippen LogP contribution >= 0.6 is 24.8 Å². The third kappa shape index (κ3) is 7.97. The van der Waals surface area contributed by atoms with Crippen molar-refractivity contribution in [2.75, 3.05) is 19.6 Å². The number of amides is 2. The second kappa shape index (κ2) is 13.0. The van der Waals surface area contributed by atoms with E-state index in [9.17, 15) is 9.59 Å². The van der Waals surface area contributed by atoms with E-state index >= 15 is 0 Å². The van der Waals surface area contributed by atoms with Gasteiger partial charge in [0.1, 0.15) is 0 Å². The minimum absolute atomic E-state index is 0. The smallest absolute Gasteiger partial charge is 0.237 e. The average Bonchev–Trinajstić information content (AvgIpc) is 2.51. The predicted molar refractivity (Wildman–Crippen MR) is 101 cm³/mol. The van der Waals surface area contributed by atoms with Crippen molar-refractivity contribution < 1.29 is 9.59 Å². The number of benzene rings is 1. The summed E-state index contributed by atoms with van der Waals surface area (Å²) in [5, 5.41) is 2.82. The Labute approximate surface area is 156 Å². The summed E-state index contributed by atoms with van der Waals surface area (Å²) >= 11 is 0. The molecule has 0 aliphatic rings. The van der Waals surface area contributed by atoms with Crippen LogP contribution < -0.4 is 16.8 Å². The van der Waals surface area contributed by atoms with Gasteiger partial charge in [0.25, 0.3) is 0 Å². The van der Waals surface area contributed by atoms with Crippen molar-refractivity contribution in [3.05, 3.63) is 35.9 Å². The highest BCUT2D eigenvalue weighted by atomic mass is 35.5. The molecule has 0 heterocycles. The summed E-state index contributed by atoms with van der Waals surface area (Å²) in [6.07, 6.45) is -0.146. The summed E-state index contributed by atoms with van der Waals surface area (Å²) in [5.74, 6) is -0.933. The second-order valence-corrected chi connectivity index (χ2v) is 5.17. The predicted octanol–water partition coefficient (Wildman–Crippen LogP) is 1.23. The van der Waals surface area contributed by atoms with Gasteiger partial charge in [-0.15, -0.1) is 24.8 Å². The van der Waals surface area contributed by atoms with Crippen molar-refractivity contribution in [1.29, 1.82) is 0 Å². The summed E-state index contributed by atoms with van der Waals surface area (Å²) in [4.78, 5) is 25.0. The lowest BCUT2D eigenvalue weighted by Gasteiger charge is -2.30. The fourth-order valence-corrected chi connectivity index (χ4v) is 2.44. The number of hydrogen-bond acceptors (Lipinski definition) is 4. The normalized spacial score (nSPS) is 12.5. The highest BCUT2D eigenvalue weighted by Gasteiger charge is 2.21. The zero-order valence-corrected chi connectivity index (χ0v) is 15.7. The lowest BCUT2D eigenvalue weighted by atomic mass is 10.0. The Kier molecular flexibility index (Phi) is 13.5. The van der Waals surface area contributed by atoms with E-state index in [0.717, 1.165) is 18.7 Å². The Morgan fingerprint density at radius 2 is 1.67 bits per heavy atom. The van der Waals surface area contributed by atoms with Gasteiger partial charge in [-0.05, 0) is 18.7 Å². The van der Waals surface area contributed by atoms with Crippen LogP contribution in [0.15, 0.2) is 30.3 Å². The first kappa shape index (κ1) is 24.9. The molecule has 0 radical (unpaired) electrons. The monoisotopic (exact) mass is 378 g/mol. The van der Waals surface area contributed by atoms with Crippen LogP contribution in [-0.2, 0) is 9.59 Å². The molecule has 1 rings (SSSR count). The van der Waals surface area contributed by atoms with Crippen molar-refractivity contribution in [3.63, 3.8) is 0 Å². The molecule has 1 aromatic rings. The van der Waals surface area contributed by atoms with Crippen molar-refractivity contribution >= 4 is 36.6 Å². The molecule has 0 aliphatic heterocycles. The van der Waals surface area contributed by atoms with Crippen LogP contribution in [0.4, 0.5) is 0 Å². The van der Waals surface area contributed by atoms with Crippen LogP contribution in [0.3, 0.4) is 0 Å². The van der Waals surface area contributed by atoms with Gasteiger partial charge in [-0.25, -0.2) is 0 Å². The van der Waals surface area contributed by atoms with Crippen molar-refractivity contribution in [2.45, 2.75) is 32.4 Å². The van der Waals surface area contributed by atoms with E-state index < -0.39 is 11.9 Å². The summed E-state index contributed by atoms with van der Waals surface area (Å²) in [6, 6.07) is 9.17. The number of carbonyl (C=O) groups is 2. The van der Waals surface area contributed by atoms with Crippen LogP contribution in [0.2, 0.25) is 0 Å². The lowest BCUT2D eigenvalue weighted by Crippen LogP contribution is -2.46. The first-order valence-corrected chi connectivity index (χ1v) is 7.60. The van der Waals surface area contributed by atoms with Gasteiger partial charge >= 0.3 is 0 Å². The Morgan fingerprint density at radius 3 is 2.12 bits per heavy atom. The Bertz CT molecular complexity index is 484. The van der Waals surface area contributed by atoms with E-state index in [1.54, 1.807) is 0 Å². The van der Waals surface area contributed by atoms with E-state index in [0.29, 0.717) is 6.54 Å². The van der Waals surface area contributed by atoms with Gasteiger partial charge in [0.2, 0.25) is 11.8 Å². The molecule has 0 aromatic heterocycles. The van der Waals surface area contributed by atoms with Crippen molar-refractivity contribution in [1.82, 2.24) is 10.2 Å². The number of halogens is 2. The van der Waals surface area contributed by atoms with Gasteiger partial charge in [-0.1, -0.05) is 44.2 Å². The Balaban J connectivity index is 0. The summed E-state index contributed by atoms with van der Waals surface area (Å²) in [5.41, 5.74) is 11.9. The molecular formula is C16H28Cl2N4O2. The molecule has 2 atom stereocenters.